The fourth-order valence-electron chi connectivity index (χ4n) is 8.28. The van der Waals surface area contributed by atoms with E-state index < -0.39 is 23.9 Å². The minimum absolute atomic E-state index is 0.0160. The summed E-state index contributed by atoms with van der Waals surface area (Å²) < 4.78 is 33.2. The molecule has 8 rings (SSSR count). The minimum atomic E-state index is -2.86. The Labute approximate surface area is 322 Å². The lowest BCUT2D eigenvalue weighted by atomic mass is 9.91. The number of nitrogens with one attached hydrogen (secondary N) is 2. The molecule has 1 aliphatic carbocycles. The summed E-state index contributed by atoms with van der Waals surface area (Å²) in [5.74, 6) is -0.892. The molecule has 2 aliphatic heterocycles. The van der Waals surface area contributed by atoms with Gasteiger partial charge in [-0.2, -0.15) is 15.3 Å². The smallest absolute Gasteiger partial charge is 0.284 e. The quantitative estimate of drug-likeness (QED) is 0.192. The normalized spacial score (nSPS) is 19.6. The highest BCUT2D eigenvalue weighted by Gasteiger charge is 2.32. The molecule has 2 saturated heterocycles. The fourth-order valence-corrected chi connectivity index (χ4v) is 8.28. The summed E-state index contributed by atoms with van der Waals surface area (Å²) in [6.07, 6.45) is 9.93. The second-order valence-corrected chi connectivity index (χ2v) is 15.3. The number of hydrogen-bond donors (Lipinski definition) is 2. The fraction of sp³-hybridized carbons (Fsp3) is 0.462. The van der Waals surface area contributed by atoms with Gasteiger partial charge in [0.05, 0.1) is 35.1 Å². The Kier molecular flexibility index (Phi) is 9.92. The first-order valence-corrected chi connectivity index (χ1v) is 19.1. The molecule has 1 aromatic carbocycles. The molecule has 3 amide bonds. The number of piperidine rings is 2. The van der Waals surface area contributed by atoms with Crippen LogP contribution in [0.3, 0.4) is 0 Å². The summed E-state index contributed by atoms with van der Waals surface area (Å²) in [5, 5.41) is 19.2. The van der Waals surface area contributed by atoms with Crippen LogP contribution < -0.4 is 20.4 Å². The van der Waals surface area contributed by atoms with E-state index in [9.17, 15) is 23.2 Å². The Hall–Kier alpha value is -5.87. The van der Waals surface area contributed by atoms with Crippen LogP contribution in [0.25, 0.3) is 16.6 Å². The molecule has 2 N–H and O–H groups in total. The second-order valence-electron chi connectivity index (χ2n) is 15.3. The van der Waals surface area contributed by atoms with Crippen molar-refractivity contribution in [3.8, 4) is 0 Å². The largest absolute Gasteiger partial charge is 0.377 e. The van der Waals surface area contributed by atoms with Crippen LogP contribution in [0.2, 0.25) is 0 Å². The van der Waals surface area contributed by atoms with E-state index in [1.807, 2.05) is 31.9 Å². The number of aryl methyl sites for hydroxylation is 1. The summed E-state index contributed by atoms with van der Waals surface area (Å²) in [7, 11) is 7.70. The van der Waals surface area contributed by atoms with E-state index >= 15 is 0 Å². The van der Waals surface area contributed by atoms with Gasteiger partial charge in [0.15, 0.2) is 11.3 Å². The number of nitrogens with zero attached hydrogens (tertiary/aromatic N) is 10. The molecule has 56 heavy (non-hydrogen) atoms. The van der Waals surface area contributed by atoms with Gasteiger partial charge in [-0.05, 0) is 75.4 Å². The summed E-state index contributed by atoms with van der Waals surface area (Å²) in [6, 6.07) is 8.38. The first-order chi connectivity index (χ1) is 26.9. The van der Waals surface area contributed by atoms with E-state index in [1.165, 1.54) is 22.5 Å². The monoisotopic (exact) mass is 768 g/mol. The first kappa shape index (κ1) is 37.1. The van der Waals surface area contributed by atoms with Crippen molar-refractivity contribution in [2.75, 3.05) is 49.3 Å². The van der Waals surface area contributed by atoms with Crippen LogP contribution in [0.5, 0.6) is 0 Å². The van der Waals surface area contributed by atoms with E-state index in [-0.39, 0.29) is 29.1 Å². The van der Waals surface area contributed by atoms with Crippen molar-refractivity contribution < 1.29 is 23.2 Å². The third-order valence-corrected chi connectivity index (χ3v) is 11.5. The molecule has 17 heteroatoms. The number of hydrogen-bond acceptors (Lipinski definition) is 10. The van der Waals surface area contributed by atoms with Crippen molar-refractivity contribution in [2.24, 2.45) is 7.05 Å². The molecule has 6 heterocycles. The molecule has 294 valence electrons. The zero-order chi connectivity index (χ0) is 39.2. The van der Waals surface area contributed by atoms with Crippen LogP contribution in [-0.4, -0.2) is 97.1 Å². The highest BCUT2D eigenvalue weighted by molar-refractivity contribution is 6.08. The molecular weight excluding hydrogens is 723 g/mol. The Morgan fingerprint density at radius 2 is 1.79 bits per heavy atom. The van der Waals surface area contributed by atoms with Crippen LogP contribution >= 0.6 is 0 Å². The summed E-state index contributed by atoms with van der Waals surface area (Å²) in [4.78, 5) is 48.6. The standard InChI is InChI=1S/C39H46F2N12O3/c1-48(2)32-15-18-52-37(44-32)29(20-42-52)39(56)43-30-22-53(47-35(30)36(40)41)25-7-5-23(6-8-25)21-49(3)24-13-16-51(17-14-24)26-9-10-27-31(19-26)50(4)46-34(27)28-11-12-33(54)45-38(28)55/h9-10,15,18-22,24-25,28,36H,5-8,11-14,16-17H2,1-4H3,(H,43,56)(H,45,54,55). The maximum atomic E-state index is 14.2. The first-order valence-electron chi connectivity index (χ1n) is 19.1. The van der Waals surface area contributed by atoms with E-state index in [2.05, 4.69) is 61.0 Å². The molecule has 3 fully saturated rings. The topological polar surface area (TPSA) is 151 Å². The Bertz CT molecular complexity index is 2330. The van der Waals surface area contributed by atoms with Crippen LogP contribution in [0.1, 0.15) is 91.5 Å². The summed E-state index contributed by atoms with van der Waals surface area (Å²) >= 11 is 0. The van der Waals surface area contributed by atoms with Gasteiger partial charge < -0.3 is 20.0 Å². The number of amides is 3. The molecule has 1 unspecified atom stereocenters. The maximum absolute atomic E-state index is 14.2. The minimum Gasteiger partial charge on any atom is -0.377 e. The van der Waals surface area contributed by atoms with Crippen LogP contribution in [0, 0.1) is 0 Å². The van der Waals surface area contributed by atoms with Crippen molar-refractivity contribution in [1.29, 1.82) is 0 Å². The summed E-state index contributed by atoms with van der Waals surface area (Å²) in [5.41, 5.74) is 4.16. The van der Waals surface area contributed by atoms with Gasteiger partial charge >= 0.3 is 0 Å². The van der Waals surface area contributed by atoms with Gasteiger partial charge in [0, 0.05) is 77.2 Å². The Morgan fingerprint density at radius 1 is 1.02 bits per heavy atom. The van der Waals surface area contributed by atoms with Crippen LogP contribution in [0.15, 0.2) is 54.6 Å². The zero-order valence-corrected chi connectivity index (χ0v) is 32.0. The Morgan fingerprint density at radius 3 is 2.50 bits per heavy atom. The molecule has 0 spiro atoms. The third kappa shape index (κ3) is 7.17. The average Bonchev–Trinajstić information content (AvgIpc) is 3.90. The zero-order valence-electron chi connectivity index (χ0n) is 32.0. The van der Waals surface area contributed by atoms with Crippen molar-refractivity contribution >= 4 is 51.5 Å². The van der Waals surface area contributed by atoms with E-state index in [4.69, 9.17) is 5.10 Å². The number of rotatable bonds is 9. The number of halogens is 2. The molecule has 5 aromatic rings. The lowest BCUT2D eigenvalue weighted by Crippen LogP contribution is -2.41. The maximum Gasteiger partial charge on any atom is 0.284 e. The number of alkyl halides is 2. The number of fused-ring (bicyclic) bond motifs is 2. The Balaban J connectivity index is 0.867. The van der Waals surface area contributed by atoms with Crippen LogP contribution in [0.4, 0.5) is 26.0 Å². The molecule has 1 saturated carbocycles. The van der Waals surface area contributed by atoms with Crippen molar-refractivity contribution in [2.45, 2.75) is 75.8 Å². The van der Waals surface area contributed by atoms with Gasteiger partial charge in [0.2, 0.25) is 11.8 Å². The molecule has 1 atom stereocenters. The van der Waals surface area contributed by atoms with Crippen molar-refractivity contribution in [3.05, 3.63) is 71.6 Å². The van der Waals surface area contributed by atoms with Gasteiger partial charge in [0.25, 0.3) is 12.3 Å². The van der Waals surface area contributed by atoms with Crippen molar-refractivity contribution in [3.63, 3.8) is 0 Å². The number of aromatic nitrogens is 7. The molecule has 4 aromatic heterocycles. The van der Waals surface area contributed by atoms with Crippen LogP contribution in [-0.2, 0) is 16.6 Å². The number of benzene rings is 1. The molecule has 0 bridgehead atoms. The number of allylic oxidation sites excluding steroid dienone is 1. The van der Waals surface area contributed by atoms with Gasteiger partial charge in [-0.15, -0.1) is 0 Å². The van der Waals surface area contributed by atoms with E-state index in [0.29, 0.717) is 30.3 Å². The van der Waals surface area contributed by atoms with Gasteiger partial charge in [-0.1, -0.05) is 5.57 Å². The number of imide groups is 1. The van der Waals surface area contributed by atoms with Gasteiger partial charge in [-0.25, -0.2) is 18.3 Å². The lowest BCUT2D eigenvalue weighted by Gasteiger charge is -2.38. The summed E-state index contributed by atoms with van der Waals surface area (Å²) in [6.45, 7) is 1.80. The average molecular weight is 769 g/mol. The number of carbonyl (C=O) groups excluding carboxylic acids is 3. The highest BCUT2D eigenvalue weighted by atomic mass is 19.3. The number of carbonyl (C=O) groups is 3. The molecule has 3 aliphatic rings. The molecular formula is C39H46F2N12O3. The molecule has 15 nitrogen and oxygen atoms in total. The predicted molar refractivity (Wildman–Crippen MR) is 207 cm³/mol. The lowest BCUT2D eigenvalue weighted by molar-refractivity contribution is -0.134. The van der Waals surface area contributed by atoms with Gasteiger partial charge in [0.1, 0.15) is 11.4 Å². The SMILES string of the molecule is CN(C)c1ccn2ncc(C(=O)Nc3cn(C4CCC(=CN(C)C5CCN(c6ccc7c(C8CCC(=O)NC8=O)nn(C)c7c6)CC5)CC4)nc3C(F)F)c2n1. The number of anilines is 3. The second kappa shape index (κ2) is 15.0. The van der Waals surface area contributed by atoms with E-state index in [1.54, 1.807) is 21.8 Å². The van der Waals surface area contributed by atoms with Crippen molar-refractivity contribution in [1.82, 2.24) is 44.4 Å². The molecule has 0 radical (unpaired) electrons. The predicted octanol–water partition coefficient (Wildman–Crippen LogP) is 5.19. The van der Waals surface area contributed by atoms with E-state index in [0.717, 1.165) is 73.9 Å². The third-order valence-electron chi connectivity index (χ3n) is 11.5. The highest BCUT2D eigenvalue weighted by Crippen LogP contribution is 2.36. The van der Waals surface area contributed by atoms with Gasteiger partial charge in [-0.3, -0.25) is 29.1 Å².